The van der Waals surface area contributed by atoms with E-state index < -0.39 is 11.9 Å². The first kappa shape index (κ1) is 29.9. The van der Waals surface area contributed by atoms with Crippen molar-refractivity contribution < 1.29 is 29.6 Å². The summed E-state index contributed by atoms with van der Waals surface area (Å²) >= 11 is 1.23. The molecule has 1 aliphatic heterocycles. The molecule has 9 heteroatoms. The van der Waals surface area contributed by atoms with E-state index in [9.17, 15) is 24.9 Å². The highest BCUT2D eigenvalue weighted by Gasteiger charge is 2.23. The Kier molecular flexibility index (Phi) is 9.86. The number of benzene rings is 3. The lowest BCUT2D eigenvalue weighted by molar-refractivity contribution is -0.139. The van der Waals surface area contributed by atoms with Gasteiger partial charge in [0, 0.05) is 11.3 Å². The van der Waals surface area contributed by atoms with Gasteiger partial charge in [-0.2, -0.15) is 4.99 Å². The Morgan fingerprint density at radius 1 is 1.05 bits per heavy atom. The van der Waals surface area contributed by atoms with Gasteiger partial charge >= 0.3 is 5.97 Å². The molecule has 0 fully saturated rings. The maximum absolute atomic E-state index is 12.6. The predicted molar refractivity (Wildman–Crippen MR) is 163 cm³/mol. The lowest BCUT2D eigenvalue weighted by Crippen LogP contribution is -2.12. The van der Waals surface area contributed by atoms with Crippen LogP contribution in [0.4, 0.5) is 5.69 Å². The van der Waals surface area contributed by atoms with Crippen molar-refractivity contribution in [2.24, 2.45) is 10.9 Å². The molecule has 0 spiro atoms. The third kappa shape index (κ3) is 7.56. The highest BCUT2D eigenvalue weighted by atomic mass is 32.2. The number of rotatable bonds is 11. The minimum Gasteiger partial charge on any atom is -0.504 e. The number of aliphatic imine (C=N–C) groups is 1. The van der Waals surface area contributed by atoms with Crippen LogP contribution in [0.2, 0.25) is 0 Å². The average Bonchev–Trinajstić information content (AvgIpc) is 3.29. The van der Waals surface area contributed by atoms with Crippen LogP contribution in [0.15, 0.2) is 70.6 Å². The number of hydrogen-bond acceptors (Lipinski definition) is 7. The molecule has 1 unspecified atom stereocenters. The van der Waals surface area contributed by atoms with Crippen molar-refractivity contribution in [3.8, 4) is 22.6 Å². The summed E-state index contributed by atoms with van der Waals surface area (Å²) in [6.07, 6.45) is 4.22. The van der Waals surface area contributed by atoms with Gasteiger partial charge in [-0.15, -0.1) is 0 Å². The lowest BCUT2D eigenvalue weighted by Gasteiger charge is -2.14. The number of nitrogens with zero attached hydrogens (tertiary/aromatic N) is 1. The predicted octanol–water partition coefficient (Wildman–Crippen LogP) is 6.64. The summed E-state index contributed by atoms with van der Waals surface area (Å²) in [4.78, 5) is 29.0. The lowest BCUT2D eigenvalue weighted by atomic mass is 9.92. The van der Waals surface area contributed by atoms with E-state index >= 15 is 0 Å². The van der Waals surface area contributed by atoms with E-state index in [1.165, 1.54) is 18.9 Å². The number of phenols is 1. The van der Waals surface area contributed by atoms with E-state index in [4.69, 9.17) is 4.74 Å². The zero-order valence-electron chi connectivity index (χ0n) is 23.3. The second kappa shape index (κ2) is 13.5. The molecular formula is C32H34N2O6S. The SMILES string of the molecule is COc1cc(-c2ccc(/C=C3/SC(Nc4ccc(C(CCCC(C)C)C(=O)O)cc4)=NC3=O)cc2)cc(CO)c1O. The van der Waals surface area contributed by atoms with E-state index in [0.717, 1.165) is 40.8 Å². The number of carboxylic acid groups (broad SMARTS) is 1. The van der Waals surface area contributed by atoms with Gasteiger partial charge in [-0.1, -0.05) is 63.1 Å². The average molecular weight is 575 g/mol. The molecule has 3 aromatic carbocycles. The molecule has 1 amide bonds. The van der Waals surface area contributed by atoms with Crippen molar-refractivity contribution in [1.82, 2.24) is 0 Å². The van der Waals surface area contributed by atoms with Crippen molar-refractivity contribution in [2.75, 3.05) is 12.4 Å². The van der Waals surface area contributed by atoms with Gasteiger partial charge in [-0.05, 0) is 76.7 Å². The molecule has 214 valence electrons. The molecule has 8 nitrogen and oxygen atoms in total. The smallest absolute Gasteiger partial charge is 0.310 e. The second-order valence-corrected chi connectivity index (χ2v) is 11.3. The fraction of sp³-hybridized carbons (Fsp3) is 0.281. The van der Waals surface area contributed by atoms with E-state index in [-0.39, 0.29) is 24.0 Å². The standard InChI is InChI=1S/C32H34N2O6S/c1-19(2)5-4-6-26(31(38)39)22-11-13-25(14-12-22)33-32-34-30(37)28(41-32)15-20-7-9-21(10-8-20)23-16-24(18-35)29(36)27(17-23)40-3/h7-17,19,26,35-36H,4-6,18H2,1-3H3,(H,38,39)(H,33,34,37)/b28-15+. The Balaban J connectivity index is 1.40. The zero-order chi connectivity index (χ0) is 29.5. The summed E-state index contributed by atoms with van der Waals surface area (Å²) < 4.78 is 5.22. The first-order valence-electron chi connectivity index (χ1n) is 13.4. The molecule has 3 aromatic rings. The number of aliphatic hydroxyl groups excluding tert-OH is 1. The Labute approximate surface area is 243 Å². The molecule has 0 aliphatic carbocycles. The van der Waals surface area contributed by atoms with Crippen molar-refractivity contribution in [3.63, 3.8) is 0 Å². The number of thioether (sulfide) groups is 1. The van der Waals surface area contributed by atoms with E-state index in [0.29, 0.717) is 28.0 Å². The maximum Gasteiger partial charge on any atom is 0.310 e. The first-order chi connectivity index (χ1) is 19.7. The summed E-state index contributed by atoms with van der Waals surface area (Å²) in [6.45, 7) is 3.95. The number of carbonyl (C=O) groups is 2. The van der Waals surface area contributed by atoms with Gasteiger partial charge in [0.25, 0.3) is 5.91 Å². The minimum atomic E-state index is -0.823. The molecule has 1 atom stereocenters. The summed E-state index contributed by atoms with van der Waals surface area (Å²) in [5.74, 6) is -0.977. The fourth-order valence-corrected chi connectivity index (χ4v) is 5.41. The van der Waals surface area contributed by atoms with Gasteiger partial charge in [-0.25, -0.2) is 0 Å². The van der Waals surface area contributed by atoms with Crippen molar-refractivity contribution in [1.29, 1.82) is 0 Å². The van der Waals surface area contributed by atoms with Gasteiger partial charge in [0.1, 0.15) is 0 Å². The van der Waals surface area contributed by atoms with E-state index in [2.05, 4.69) is 24.2 Å². The molecule has 0 bridgehead atoms. The quantitative estimate of drug-likeness (QED) is 0.188. The normalized spacial score (nSPS) is 14.8. The van der Waals surface area contributed by atoms with E-state index in [1.54, 1.807) is 18.2 Å². The molecule has 1 aliphatic rings. The van der Waals surface area contributed by atoms with Crippen LogP contribution < -0.4 is 10.1 Å². The number of nitrogens with one attached hydrogen (secondary N) is 1. The number of anilines is 1. The van der Waals surface area contributed by atoms with Crippen molar-refractivity contribution in [2.45, 2.75) is 45.6 Å². The number of amides is 1. The van der Waals surface area contributed by atoms with E-state index in [1.807, 2.05) is 48.5 Å². The molecular weight excluding hydrogens is 540 g/mol. The summed E-state index contributed by atoms with van der Waals surface area (Å²) in [6, 6.07) is 18.2. The molecule has 1 heterocycles. The number of ether oxygens (including phenoxy) is 1. The van der Waals surface area contributed by atoms with Gasteiger partial charge in [0.2, 0.25) is 0 Å². The number of methoxy groups -OCH3 is 1. The Morgan fingerprint density at radius 2 is 1.76 bits per heavy atom. The van der Waals surface area contributed by atoms with Crippen LogP contribution in [0.3, 0.4) is 0 Å². The topological polar surface area (TPSA) is 128 Å². The third-order valence-corrected chi connectivity index (χ3v) is 7.74. The molecule has 4 N–H and O–H groups in total. The third-order valence-electron chi connectivity index (χ3n) is 6.84. The largest absolute Gasteiger partial charge is 0.504 e. The first-order valence-corrected chi connectivity index (χ1v) is 14.2. The number of carbonyl (C=O) groups excluding carboxylic acids is 1. The maximum atomic E-state index is 12.6. The van der Waals surface area contributed by atoms with Crippen LogP contribution in [0.25, 0.3) is 17.2 Å². The monoisotopic (exact) mass is 574 g/mol. The van der Waals surface area contributed by atoms with Crippen LogP contribution in [0.5, 0.6) is 11.5 Å². The number of carboxylic acids is 1. The van der Waals surface area contributed by atoms with Crippen LogP contribution >= 0.6 is 11.8 Å². The number of aliphatic hydroxyl groups is 1. The molecule has 0 saturated heterocycles. The van der Waals surface area contributed by atoms with Gasteiger partial charge in [-0.3, -0.25) is 9.59 Å². The van der Waals surface area contributed by atoms with Crippen LogP contribution in [-0.2, 0) is 16.2 Å². The molecule has 0 radical (unpaired) electrons. The molecule has 0 aromatic heterocycles. The Bertz CT molecular complexity index is 1440. The fourth-order valence-electron chi connectivity index (χ4n) is 4.58. The van der Waals surface area contributed by atoms with Crippen LogP contribution in [-0.4, -0.2) is 39.5 Å². The number of aromatic hydroxyl groups is 1. The van der Waals surface area contributed by atoms with Gasteiger partial charge in [0.05, 0.1) is 24.5 Å². The number of hydrogen-bond donors (Lipinski definition) is 4. The number of aliphatic carboxylic acids is 1. The highest BCUT2D eigenvalue weighted by molar-refractivity contribution is 8.18. The van der Waals surface area contributed by atoms with Gasteiger partial charge in [0.15, 0.2) is 16.7 Å². The summed E-state index contributed by atoms with van der Waals surface area (Å²) in [5, 5.41) is 33.0. The van der Waals surface area contributed by atoms with Crippen LogP contribution in [0, 0.1) is 5.92 Å². The van der Waals surface area contributed by atoms with Gasteiger partial charge < -0.3 is 25.4 Å². The minimum absolute atomic E-state index is 0.0845. The van der Waals surface area contributed by atoms with Crippen molar-refractivity contribution in [3.05, 3.63) is 82.3 Å². The Morgan fingerprint density at radius 3 is 2.37 bits per heavy atom. The molecule has 4 rings (SSSR count). The highest BCUT2D eigenvalue weighted by Crippen LogP contribution is 2.36. The van der Waals surface area contributed by atoms with Crippen LogP contribution in [0.1, 0.15) is 55.7 Å². The summed E-state index contributed by atoms with van der Waals surface area (Å²) in [5.41, 5.74) is 4.30. The molecule has 0 saturated carbocycles. The Hall–Kier alpha value is -4.08. The van der Waals surface area contributed by atoms with Crippen molar-refractivity contribution >= 4 is 40.6 Å². The second-order valence-electron chi connectivity index (χ2n) is 10.3. The number of amidine groups is 1. The zero-order valence-corrected chi connectivity index (χ0v) is 24.1. The molecule has 41 heavy (non-hydrogen) atoms. The summed E-state index contributed by atoms with van der Waals surface area (Å²) in [7, 11) is 1.45.